The van der Waals surface area contributed by atoms with Gasteiger partial charge < -0.3 is 10.6 Å². The maximum atomic E-state index is 12.6. The quantitative estimate of drug-likeness (QED) is 0.857. The van der Waals surface area contributed by atoms with E-state index < -0.39 is 0 Å². The van der Waals surface area contributed by atoms with E-state index in [-0.39, 0.29) is 22.4 Å². The van der Waals surface area contributed by atoms with Crippen LogP contribution in [0.4, 0.5) is 0 Å². The number of hydrogen-bond donors (Lipinski definition) is 1. The highest BCUT2D eigenvalue weighted by atomic mass is 16.2. The predicted molar refractivity (Wildman–Crippen MR) is 85.5 cm³/mol. The molecular weight excluding hydrogens is 248 g/mol. The zero-order chi connectivity index (χ0) is 15.8. The molecule has 1 amide bonds. The average molecular weight is 282 g/mol. The van der Waals surface area contributed by atoms with Crippen LogP contribution in [0.15, 0.2) is 0 Å². The lowest BCUT2D eigenvalue weighted by atomic mass is 9.74. The predicted octanol–water partition coefficient (Wildman–Crippen LogP) is 3.57. The summed E-state index contributed by atoms with van der Waals surface area (Å²) in [4.78, 5) is 14.7. The lowest BCUT2D eigenvalue weighted by molar-refractivity contribution is -0.144. The van der Waals surface area contributed by atoms with E-state index in [1.807, 2.05) is 0 Å². The van der Waals surface area contributed by atoms with E-state index in [9.17, 15) is 4.79 Å². The Bertz CT molecular complexity index is 351. The minimum atomic E-state index is -0.246. The molecule has 2 atom stereocenters. The Morgan fingerprint density at radius 1 is 1.30 bits per heavy atom. The van der Waals surface area contributed by atoms with Gasteiger partial charge in [-0.3, -0.25) is 4.79 Å². The fourth-order valence-corrected chi connectivity index (χ4v) is 3.08. The molecule has 20 heavy (non-hydrogen) atoms. The van der Waals surface area contributed by atoms with Crippen molar-refractivity contribution in [1.82, 2.24) is 4.90 Å². The van der Waals surface area contributed by atoms with Gasteiger partial charge in [-0.2, -0.15) is 0 Å². The first-order valence-corrected chi connectivity index (χ1v) is 7.96. The van der Waals surface area contributed by atoms with Crippen LogP contribution in [0.2, 0.25) is 0 Å². The van der Waals surface area contributed by atoms with Crippen LogP contribution < -0.4 is 5.73 Å². The second-order valence-corrected chi connectivity index (χ2v) is 8.75. The van der Waals surface area contributed by atoms with Crippen LogP contribution in [0, 0.1) is 10.8 Å². The van der Waals surface area contributed by atoms with Gasteiger partial charge in [0.05, 0.1) is 0 Å². The molecule has 118 valence electrons. The van der Waals surface area contributed by atoms with Gasteiger partial charge in [-0.15, -0.1) is 0 Å². The number of amides is 1. The zero-order valence-electron chi connectivity index (χ0n) is 14.5. The van der Waals surface area contributed by atoms with Crippen molar-refractivity contribution >= 4 is 5.91 Å². The van der Waals surface area contributed by atoms with Crippen LogP contribution in [-0.4, -0.2) is 28.9 Å². The molecule has 3 heteroatoms. The van der Waals surface area contributed by atoms with Crippen LogP contribution in [-0.2, 0) is 4.79 Å². The van der Waals surface area contributed by atoms with E-state index in [0.717, 1.165) is 25.8 Å². The number of hydrogen-bond acceptors (Lipinski definition) is 2. The minimum absolute atomic E-state index is 0.0618. The van der Waals surface area contributed by atoms with Crippen LogP contribution >= 0.6 is 0 Å². The summed E-state index contributed by atoms with van der Waals surface area (Å²) in [5.74, 6) is 0.310. The number of carbonyl (C=O) groups is 1. The number of nitrogens with zero attached hydrogens (tertiary/aromatic N) is 1. The molecule has 0 bridgehead atoms. The van der Waals surface area contributed by atoms with Crippen LogP contribution in [0.3, 0.4) is 0 Å². The molecule has 0 aromatic carbocycles. The van der Waals surface area contributed by atoms with Gasteiger partial charge in [0.25, 0.3) is 0 Å². The van der Waals surface area contributed by atoms with Crippen LogP contribution in [0.1, 0.15) is 74.1 Å². The highest BCUT2D eigenvalue weighted by molar-refractivity contribution is 5.78. The first-order chi connectivity index (χ1) is 8.88. The van der Waals surface area contributed by atoms with E-state index >= 15 is 0 Å². The Labute approximate surface area is 125 Å². The largest absolute Gasteiger partial charge is 0.339 e. The van der Waals surface area contributed by atoms with Gasteiger partial charge in [-0.1, -0.05) is 41.0 Å². The number of rotatable bonds is 4. The first kappa shape index (κ1) is 17.5. The van der Waals surface area contributed by atoms with E-state index in [1.54, 1.807) is 0 Å². The lowest BCUT2D eigenvalue weighted by Crippen LogP contribution is -2.55. The van der Waals surface area contributed by atoms with Gasteiger partial charge in [-0.05, 0) is 37.5 Å². The summed E-state index contributed by atoms with van der Waals surface area (Å²) in [5, 5.41) is 0. The van der Waals surface area contributed by atoms with Gasteiger partial charge in [0, 0.05) is 24.5 Å². The van der Waals surface area contributed by atoms with Crippen molar-refractivity contribution in [2.75, 3.05) is 6.54 Å². The monoisotopic (exact) mass is 282 g/mol. The van der Waals surface area contributed by atoms with Crippen molar-refractivity contribution in [3.05, 3.63) is 0 Å². The highest BCUT2D eigenvalue weighted by Gasteiger charge is 2.41. The van der Waals surface area contributed by atoms with Crippen molar-refractivity contribution < 1.29 is 4.79 Å². The number of likely N-dealkylation sites (tertiary alicyclic amines) is 1. The fourth-order valence-electron chi connectivity index (χ4n) is 3.08. The Morgan fingerprint density at radius 2 is 1.85 bits per heavy atom. The molecule has 1 rings (SSSR count). The third-order valence-electron chi connectivity index (χ3n) is 4.80. The molecule has 0 aliphatic carbocycles. The van der Waals surface area contributed by atoms with Gasteiger partial charge in [0.1, 0.15) is 0 Å². The maximum absolute atomic E-state index is 12.6. The van der Waals surface area contributed by atoms with Crippen molar-refractivity contribution in [1.29, 1.82) is 0 Å². The molecule has 1 fully saturated rings. The summed E-state index contributed by atoms with van der Waals surface area (Å²) >= 11 is 0. The molecule has 1 aliphatic rings. The van der Waals surface area contributed by atoms with Gasteiger partial charge >= 0.3 is 0 Å². The summed E-state index contributed by atoms with van der Waals surface area (Å²) in [6.07, 6.45) is 3.72. The summed E-state index contributed by atoms with van der Waals surface area (Å²) in [7, 11) is 0. The van der Waals surface area contributed by atoms with Gasteiger partial charge in [0.15, 0.2) is 0 Å². The van der Waals surface area contributed by atoms with Crippen LogP contribution in [0.25, 0.3) is 0 Å². The van der Waals surface area contributed by atoms with Crippen molar-refractivity contribution in [2.24, 2.45) is 16.6 Å². The van der Waals surface area contributed by atoms with E-state index in [4.69, 9.17) is 5.73 Å². The summed E-state index contributed by atoms with van der Waals surface area (Å²) in [6.45, 7) is 16.0. The van der Waals surface area contributed by atoms with Gasteiger partial charge in [-0.25, -0.2) is 0 Å². The Kier molecular flexibility index (Phi) is 4.95. The molecule has 0 aromatic rings. The molecule has 3 nitrogen and oxygen atoms in total. The van der Waals surface area contributed by atoms with Crippen molar-refractivity contribution in [3.63, 3.8) is 0 Å². The van der Waals surface area contributed by atoms with Crippen molar-refractivity contribution in [2.45, 2.75) is 85.7 Å². The average Bonchev–Trinajstić information content (AvgIpc) is 2.24. The Balaban J connectivity index is 2.91. The summed E-state index contributed by atoms with van der Waals surface area (Å²) in [6, 6.07) is 0.219. The number of nitrogens with two attached hydrogens (primary N) is 1. The fraction of sp³-hybridized carbons (Fsp3) is 0.941. The molecule has 0 saturated carbocycles. The minimum Gasteiger partial charge on any atom is -0.339 e. The SMILES string of the molecule is CCC1(C)CCN(C(CC(C)(C)N)C(C)(C)C)C(=O)C1. The Morgan fingerprint density at radius 3 is 2.20 bits per heavy atom. The molecule has 1 aliphatic heterocycles. The molecule has 0 radical (unpaired) electrons. The first-order valence-electron chi connectivity index (χ1n) is 7.96. The number of carbonyl (C=O) groups excluding carboxylic acids is 1. The molecular formula is C17H34N2O. The lowest BCUT2D eigenvalue weighted by Gasteiger charge is -2.48. The van der Waals surface area contributed by atoms with Crippen LogP contribution in [0.5, 0.6) is 0 Å². The van der Waals surface area contributed by atoms with E-state index in [1.165, 1.54) is 0 Å². The normalized spacial score (nSPS) is 26.8. The third kappa shape index (κ3) is 4.47. The number of piperidine rings is 1. The standard InChI is InChI=1S/C17H34N2O/c1-8-17(7)9-10-19(14(20)12-17)13(15(2,3)4)11-16(5,6)18/h13H,8-12,18H2,1-7H3. The van der Waals surface area contributed by atoms with E-state index in [0.29, 0.717) is 12.3 Å². The molecule has 0 spiro atoms. The third-order valence-corrected chi connectivity index (χ3v) is 4.80. The molecule has 1 saturated heterocycles. The Hall–Kier alpha value is -0.570. The molecule has 1 heterocycles. The summed E-state index contributed by atoms with van der Waals surface area (Å²) in [5.41, 5.74) is 6.23. The summed E-state index contributed by atoms with van der Waals surface area (Å²) < 4.78 is 0. The second kappa shape index (κ2) is 5.67. The topological polar surface area (TPSA) is 46.3 Å². The second-order valence-electron chi connectivity index (χ2n) is 8.75. The van der Waals surface area contributed by atoms with Gasteiger partial charge in [0.2, 0.25) is 5.91 Å². The smallest absolute Gasteiger partial charge is 0.223 e. The molecule has 2 unspecified atom stereocenters. The zero-order valence-corrected chi connectivity index (χ0v) is 14.5. The highest BCUT2D eigenvalue weighted by Crippen LogP contribution is 2.39. The van der Waals surface area contributed by atoms with Crippen molar-refractivity contribution in [3.8, 4) is 0 Å². The molecule has 0 aromatic heterocycles. The maximum Gasteiger partial charge on any atom is 0.223 e. The molecule has 2 N–H and O–H groups in total. The van der Waals surface area contributed by atoms with E-state index in [2.05, 4.69) is 53.4 Å².